The number of rotatable bonds is 7. The van der Waals surface area contributed by atoms with Crippen LogP contribution in [0.3, 0.4) is 0 Å². The molecule has 1 atom stereocenters. The van der Waals surface area contributed by atoms with Crippen LogP contribution in [0.15, 0.2) is 0 Å². The molecule has 1 rings (SSSR count). The summed E-state index contributed by atoms with van der Waals surface area (Å²) in [6, 6.07) is -1.12. The van der Waals surface area contributed by atoms with Gasteiger partial charge in [-0.25, -0.2) is 13.1 Å². The summed E-state index contributed by atoms with van der Waals surface area (Å²) in [5, 5.41) is 11.8. The number of hydrogen-bond donors (Lipinski definition) is 4. The minimum Gasteiger partial charge on any atom is -0.480 e. The highest BCUT2D eigenvalue weighted by Gasteiger charge is 2.19. The van der Waals surface area contributed by atoms with Crippen LogP contribution in [0.1, 0.15) is 19.3 Å². The van der Waals surface area contributed by atoms with Crippen LogP contribution in [0.4, 0.5) is 0 Å². The van der Waals surface area contributed by atoms with Crippen molar-refractivity contribution < 1.29 is 18.3 Å². The molecule has 0 amide bonds. The van der Waals surface area contributed by atoms with Gasteiger partial charge in [0.25, 0.3) is 0 Å². The second-order valence-corrected chi connectivity index (χ2v) is 6.52. The highest BCUT2D eigenvalue weighted by molar-refractivity contribution is 7.89. The molecule has 8 heteroatoms. The number of aliphatic carboxylic acids is 1. The molecule has 0 aromatic carbocycles. The number of carboxylic acids is 1. The molecule has 0 aliphatic carbocycles. The van der Waals surface area contributed by atoms with Gasteiger partial charge in [0.05, 0.1) is 5.75 Å². The lowest BCUT2D eigenvalue weighted by Gasteiger charge is -2.22. The minimum absolute atomic E-state index is 0.0725. The van der Waals surface area contributed by atoms with Gasteiger partial charge in [-0.3, -0.25) is 4.79 Å². The summed E-state index contributed by atoms with van der Waals surface area (Å²) in [6.45, 7) is 2.25. The first kappa shape index (κ1) is 15.4. The number of nitrogens with one attached hydrogen (secondary N) is 2. The highest BCUT2D eigenvalue weighted by Crippen LogP contribution is 2.10. The van der Waals surface area contributed by atoms with Gasteiger partial charge in [-0.05, 0) is 38.3 Å². The molecule has 1 unspecified atom stereocenters. The van der Waals surface area contributed by atoms with E-state index in [1.807, 2.05) is 0 Å². The van der Waals surface area contributed by atoms with Crippen LogP contribution in [-0.2, 0) is 14.8 Å². The van der Waals surface area contributed by atoms with E-state index < -0.39 is 22.0 Å². The van der Waals surface area contributed by atoms with E-state index in [1.165, 1.54) is 0 Å². The molecule has 7 nitrogen and oxygen atoms in total. The van der Waals surface area contributed by atoms with Crippen LogP contribution in [0.25, 0.3) is 0 Å². The fraction of sp³-hybridized carbons (Fsp3) is 0.900. The van der Waals surface area contributed by atoms with Crippen LogP contribution in [-0.4, -0.2) is 50.9 Å². The topological polar surface area (TPSA) is 122 Å². The maximum absolute atomic E-state index is 11.6. The second-order valence-electron chi connectivity index (χ2n) is 4.59. The van der Waals surface area contributed by atoms with Crippen LogP contribution in [0.5, 0.6) is 0 Å². The zero-order chi connectivity index (χ0) is 13.6. The van der Waals surface area contributed by atoms with Gasteiger partial charge in [-0.15, -0.1) is 0 Å². The van der Waals surface area contributed by atoms with E-state index in [9.17, 15) is 13.2 Å². The van der Waals surface area contributed by atoms with Crippen molar-refractivity contribution in [2.75, 3.05) is 25.4 Å². The van der Waals surface area contributed by atoms with E-state index in [1.54, 1.807) is 0 Å². The summed E-state index contributed by atoms with van der Waals surface area (Å²) in [4.78, 5) is 10.5. The first-order chi connectivity index (χ1) is 8.41. The molecule has 1 aliphatic rings. The SMILES string of the molecule is NC(CCS(=O)(=O)NCC1CCNCC1)C(=O)O. The van der Waals surface area contributed by atoms with Crippen LogP contribution in [0, 0.1) is 5.92 Å². The highest BCUT2D eigenvalue weighted by atomic mass is 32.2. The molecule has 0 radical (unpaired) electrons. The van der Waals surface area contributed by atoms with E-state index in [-0.39, 0.29) is 12.2 Å². The molecule has 0 aromatic heterocycles. The minimum atomic E-state index is -3.42. The zero-order valence-electron chi connectivity index (χ0n) is 10.3. The molecule has 5 N–H and O–H groups in total. The van der Waals surface area contributed by atoms with Crippen LogP contribution >= 0.6 is 0 Å². The van der Waals surface area contributed by atoms with Gasteiger partial charge < -0.3 is 16.2 Å². The molecule has 0 aromatic rings. The smallest absolute Gasteiger partial charge is 0.320 e. The van der Waals surface area contributed by atoms with E-state index in [2.05, 4.69) is 10.0 Å². The number of hydrogen-bond acceptors (Lipinski definition) is 5. The van der Waals surface area contributed by atoms with Gasteiger partial charge >= 0.3 is 5.97 Å². The quantitative estimate of drug-likeness (QED) is 0.460. The van der Waals surface area contributed by atoms with Crippen molar-refractivity contribution in [1.82, 2.24) is 10.0 Å². The first-order valence-electron chi connectivity index (χ1n) is 6.07. The summed E-state index contributed by atoms with van der Waals surface area (Å²) >= 11 is 0. The fourth-order valence-electron chi connectivity index (χ4n) is 1.81. The third-order valence-electron chi connectivity index (χ3n) is 3.07. The van der Waals surface area contributed by atoms with E-state index in [4.69, 9.17) is 10.8 Å². The van der Waals surface area contributed by atoms with E-state index >= 15 is 0 Å². The van der Waals surface area contributed by atoms with Crippen molar-refractivity contribution >= 4 is 16.0 Å². The molecule has 1 fully saturated rings. The van der Waals surface area contributed by atoms with E-state index in [0.29, 0.717) is 12.5 Å². The Balaban J connectivity index is 2.28. The molecule has 1 saturated heterocycles. The predicted octanol–water partition coefficient (Wildman–Crippen LogP) is -1.29. The number of carboxylic acid groups (broad SMARTS) is 1. The Kier molecular flexibility index (Phi) is 6.00. The lowest BCUT2D eigenvalue weighted by molar-refractivity contribution is -0.138. The summed E-state index contributed by atoms with van der Waals surface area (Å²) in [5.74, 6) is -1.07. The monoisotopic (exact) mass is 279 g/mol. The largest absolute Gasteiger partial charge is 0.480 e. The third kappa shape index (κ3) is 5.76. The second kappa shape index (κ2) is 7.03. The van der Waals surface area contributed by atoms with Gasteiger partial charge in [-0.1, -0.05) is 0 Å². The summed E-state index contributed by atoms with van der Waals surface area (Å²) in [6.07, 6.45) is 1.84. The average molecular weight is 279 g/mol. The van der Waals surface area contributed by atoms with Gasteiger partial charge in [0.2, 0.25) is 10.0 Å². The predicted molar refractivity (Wildman–Crippen MR) is 67.6 cm³/mol. The molecule has 0 bridgehead atoms. The lowest BCUT2D eigenvalue weighted by atomic mass is 9.99. The molecule has 1 heterocycles. The summed E-state index contributed by atoms with van der Waals surface area (Å²) in [7, 11) is -3.42. The molecule has 18 heavy (non-hydrogen) atoms. The molecular weight excluding hydrogens is 258 g/mol. The van der Waals surface area contributed by atoms with Crippen molar-refractivity contribution in [3.63, 3.8) is 0 Å². The number of piperidine rings is 1. The zero-order valence-corrected chi connectivity index (χ0v) is 11.1. The van der Waals surface area contributed by atoms with Gasteiger partial charge in [-0.2, -0.15) is 0 Å². The van der Waals surface area contributed by atoms with Gasteiger partial charge in [0.15, 0.2) is 0 Å². The third-order valence-corrected chi connectivity index (χ3v) is 4.45. The van der Waals surface area contributed by atoms with E-state index in [0.717, 1.165) is 25.9 Å². The maximum atomic E-state index is 11.6. The number of carbonyl (C=O) groups is 1. The Morgan fingerprint density at radius 2 is 2.06 bits per heavy atom. The Morgan fingerprint density at radius 3 is 2.61 bits per heavy atom. The fourth-order valence-corrected chi connectivity index (χ4v) is 3.01. The Hall–Kier alpha value is -0.700. The van der Waals surface area contributed by atoms with Gasteiger partial charge in [0.1, 0.15) is 6.04 Å². The maximum Gasteiger partial charge on any atom is 0.320 e. The molecule has 106 valence electrons. The van der Waals surface area contributed by atoms with Crippen molar-refractivity contribution in [2.24, 2.45) is 11.7 Å². The average Bonchev–Trinajstić information content (AvgIpc) is 2.35. The van der Waals surface area contributed by atoms with Gasteiger partial charge in [0, 0.05) is 6.54 Å². The van der Waals surface area contributed by atoms with Crippen LogP contribution < -0.4 is 15.8 Å². The Labute approximate surface area is 107 Å². The normalized spacial score (nSPS) is 19.6. The summed E-state index contributed by atoms with van der Waals surface area (Å²) in [5.41, 5.74) is 5.26. The number of nitrogens with two attached hydrogens (primary N) is 1. The standard InChI is InChI=1S/C10H21N3O4S/c11-9(10(14)15)3-6-18(16,17)13-7-8-1-4-12-5-2-8/h8-9,12-13H,1-7,11H2,(H,14,15). The van der Waals surface area contributed by atoms with Crippen molar-refractivity contribution in [3.05, 3.63) is 0 Å². The lowest BCUT2D eigenvalue weighted by Crippen LogP contribution is -2.38. The van der Waals surface area contributed by atoms with Crippen molar-refractivity contribution in [3.8, 4) is 0 Å². The van der Waals surface area contributed by atoms with Crippen LogP contribution in [0.2, 0.25) is 0 Å². The molecule has 0 spiro atoms. The molecule has 1 aliphatic heterocycles. The molecule has 0 saturated carbocycles. The summed E-state index contributed by atoms with van der Waals surface area (Å²) < 4.78 is 25.8. The number of sulfonamides is 1. The molecular formula is C10H21N3O4S. The van der Waals surface area contributed by atoms with Crippen molar-refractivity contribution in [2.45, 2.75) is 25.3 Å². The van der Waals surface area contributed by atoms with Crippen molar-refractivity contribution in [1.29, 1.82) is 0 Å². The Morgan fingerprint density at radius 1 is 1.44 bits per heavy atom. The Bertz CT molecular complexity index is 365. The first-order valence-corrected chi connectivity index (χ1v) is 7.72.